The van der Waals surface area contributed by atoms with Crippen molar-refractivity contribution in [1.29, 1.82) is 0 Å². The Hall–Kier alpha value is -3.05. The molecule has 0 spiro atoms. The fraction of sp³-hybridized carbons (Fsp3) is 0.238. The number of carbonyl (C=O) groups is 1. The molecule has 0 bridgehead atoms. The third kappa shape index (κ3) is 3.21. The van der Waals surface area contributed by atoms with Crippen molar-refractivity contribution in [1.82, 2.24) is 19.7 Å². The van der Waals surface area contributed by atoms with Crippen LogP contribution in [0.5, 0.6) is 0 Å². The summed E-state index contributed by atoms with van der Waals surface area (Å²) in [5.41, 5.74) is 2.71. The maximum absolute atomic E-state index is 13.3. The Balaban J connectivity index is 1.56. The number of furan rings is 1. The van der Waals surface area contributed by atoms with Gasteiger partial charge in [-0.3, -0.25) is 4.79 Å². The van der Waals surface area contributed by atoms with Crippen molar-refractivity contribution in [3.63, 3.8) is 0 Å². The first-order valence-electron chi connectivity index (χ1n) is 9.41. The highest BCUT2D eigenvalue weighted by Crippen LogP contribution is 2.40. The van der Waals surface area contributed by atoms with Crippen LogP contribution in [0, 0.1) is 6.92 Å². The molecule has 1 atom stereocenters. The van der Waals surface area contributed by atoms with Crippen molar-refractivity contribution in [2.45, 2.75) is 32.2 Å². The normalized spacial score (nSPS) is 14.9. The molecular formula is C21H20N5O2P. The number of nitrogens with one attached hydrogen (secondary N) is 1. The number of hydrogen-bond acceptors (Lipinski definition) is 6. The van der Waals surface area contributed by atoms with Crippen molar-refractivity contribution < 1.29 is 9.21 Å². The molecule has 1 fully saturated rings. The van der Waals surface area contributed by atoms with Gasteiger partial charge in [0.1, 0.15) is 17.9 Å². The van der Waals surface area contributed by atoms with Crippen LogP contribution in [0.4, 0.5) is 5.82 Å². The van der Waals surface area contributed by atoms with Gasteiger partial charge in [-0.15, -0.1) is 9.24 Å². The summed E-state index contributed by atoms with van der Waals surface area (Å²) in [7, 11) is 2.66. The molecule has 0 aliphatic heterocycles. The van der Waals surface area contributed by atoms with Gasteiger partial charge < -0.3 is 9.73 Å². The molecule has 0 amide bonds. The number of rotatable bonds is 4. The second-order valence-corrected chi connectivity index (χ2v) is 8.39. The largest absolute Gasteiger partial charge is 0.442 e. The van der Waals surface area contributed by atoms with E-state index < -0.39 is 0 Å². The minimum Gasteiger partial charge on any atom is -0.442 e. The van der Waals surface area contributed by atoms with Crippen molar-refractivity contribution in [2.24, 2.45) is 0 Å². The molecule has 146 valence electrons. The Morgan fingerprint density at radius 3 is 2.69 bits per heavy atom. The van der Waals surface area contributed by atoms with Crippen LogP contribution < -0.4 is 10.6 Å². The lowest BCUT2D eigenvalue weighted by atomic mass is 10.1. The van der Waals surface area contributed by atoms with Gasteiger partial charge in [-0.2, -0.15) is 5.10 Å². The summed E-state index contributed by atoms with van der Waals surface area (Å²) in [4.78, 5) is 21.9. The maximum Gasteiger partial charge on any atom is 0.282 e. The molecule has 0 radical (unpaired) electrons. The number of hydrogen-bond donors (Lipinski definition) is 1. The van der Waals surface area contributed by atoms with Crippen molar-refractivity contribution in [3.8, 4) is 11.1 Å². The van der Waals surface area contributed by atoms with Gasteiger partial charge in [0.05, 0.1) is 17.1 Å². The van der Waals surface area contributed by atoms with E-state index in [4.69, 9.17) is 4.42 Å². The van der Waals surface area contributed by atoms with Crippen LogP contribution in [-0.4, -0.2) is 31.2 Å². The average Bonchev–Trinajstić information content (AvgIpc) is 3.11. The van der Waals surface area contributed by atoms with E-state index in [2.05, 4.69) is 36.5 Å². The topological polar surface area (TPSA) is 85.8 Å². The van der Waals surface area contributed by atoms with Gasteiger partial charge in [0.15, 0.2) is 0 Å². The van der Waals surface area contributed by atoms with Crippen molar-refractivity contribution in [2.75, 3.05) is 5.32 Å². The molecule has 1 unspecified atom stereocenters. The number of nitrogens with zero attached hydrogens (tertiary/aromatic N) is 4. The van der Waals surface area contributed by atoms with Crippen LogP contribution in [0.15, 0.2) is 47.4 Å². The molecule has 1 saturated carbocycles. The Morgan fingerprint density at radius 1 is 1.21 bits per heavy atom. The Bertz CT molecular complexity index is 1240. The SMILES string of the molecule is Cc1oc2ncnc(NC3(C)CC3)c2c1C(=O)n1cc(-c2ccc(P)cc2)cn1. The molecule has 29 heavy (non-hydrogen) atoms. The van der Waals surface area contributed by atoms with Crippen molar-refractivity contribution in [3.05, 3.63) is 54.3 Å². The van der Waals surface area contributed by atoms with E-state index >= 15 is 0 Å². The molecule has 1 aliphatic carbocycles. The van der Waals surface area contributed by atoms with E-state index in [9.17, 15) is 4.79 Å². The summed E-state index contributed by atoms with van der Waals surface area (Å²) in [6.45, 7) is 3.90. The van der Waals surface area contributed by atoms with E-state index in [1.165, 1.54) is 11.0 Å². The highest BCUT2D eigenvalue weighted by molar-refractivity contribution is 7.27. The minimum atomic E-state index is -0.269. The molecule has 7 nitrogen and oxygen atoms in total. The van der Waals surface area contributed by atoms with Crippen LogP contribution in [0.3, 0.4) is 0 Å². The van der Waals surface area contributed by atoms with Gasteiger partial charge in [0.25, 0.3) is 5.91 Å². The first-order chi connectivity index (χ1) is 13.9. The quantitative estimate of drug-likeness (QED) is 0.523. The smallest absolute Gasteiger partial charge is 0.282 e. The fourth-order valence-corrected chi connectivity index (χ4v) is 3.56. The number of benzene rings is 1. The van der Waals surface area contributed by atoms with Gasteiger partial charge in [-0.05, 0) is 37.6 Å². The summed E-state index contributed by atoms with van der Waals surface area (Å²) in [5, 5.41) is 9.43. The van der Waals surface area contributed by atoms with Gasteiger partial charge in [0, 0.05) is 17.3 Å². The van der Waals surface area contributed by atoms with Crippen LogP contribution >= 0.6 is 9.24 Å². The summed E-state index contributed by atoms with van der Waals surface area (Å²) in [6, 6.07) is 8.00. The van der Waals surface area contributed by atoms with E-state index in [0.717, 1.165) is 29.3 Å². The number of aromatic nitrogens is 4. The molecule has 1 aliphatic rings. The molecule has 0 saturated heterocycles. The highest BCUT2D eigenvalue weighted by atomic mass is 31.0. The predicted octanol–water partition coefficient (Wildman–Crippen LogP) is 3.55. The number of fused-ring (bicyclic) bond motifs is 1. The molecule has 1 N–H and O–H groups in total. The molecule has 5 rings (SSSR count). The monoisotopic (exact) mass is 405 g/mol. The molecule has 1 aromatic carbocycles. The van der Waals surface area contributed by atoms with Crippen LogP contribution in [0.1, 0.15) is 35.9 Å². The van der Waals surface area contributed by atoms with Crippen molar-refractivity contribution >= 4 is 37.4 Å². The minimum absolute atomic E-state index is 0.00930. The summed E-state index contributed by atoms with van der Waals surface area (Å²) >= 11 is 0. The van der Waals surface area contributed by atoms with Gasteiger partial charge in [0.2, 0.25) is 5.71 Å². The highest BCUT2D eigenvalue weighted by Gasteiger charge is 2.38. The van der Waals surface area contributed by atoms with Crippen LogP contribution in [0.2, 0.25) is 0 Å². The second-order valence-electron chi connectivity index (χ2n) is 7.72. The van der Waals surface area contributed by atoms with Gasteiger partial charge in [-0.25, -0.2) is 14.6 Å². The Labute approximate surface area is 169 Å². The number of anilines is 1. The van der Waals surface area contributed by atoms with E-state index in [0.29, 0.717) is 28.2 Å². The standard InChI is InChI=1S/C21H20N5O2P/c1-12-16(17-18(25-21(2)7-8-21)22-11-23-19(17)28-12)20(27)26-10-14(9-24-26)13-3-5-15(29)6-4-13/h3-6,9-11H,7-8,29H2,1-2H3,(H,22,23,25). The summed E-state index contributed by atoms with van der Waals surface area (Å²) in [6.07, 6.45) is 7.01. The zero-order valence-corrected chi connectivity index (χ0v) is 17.3. The molecular weight excluding hydrogens is 385 g/mol. The fourth-order valence-electron chi connectivity index (χ4n) is 3.37. The zero-order chi connectivity index (χ0) is 20.2. The maximum atomic E-state index is 13.3. The van der Waals surface area contributed by atoms with Crippen LogP contribution in [-0.2, 0) is 0 Å². The third-order valence-electron chi connectivity index (χ3n) is 5.33. The zero-order valence-electron chi connectivity index (χ0n) is 16.1. The van der Waals surface area contributed by atoms with Crippen LogP contribution in [0.25, 0.3) is 22.2 Å². The van der Waals surface area contributed by atoms with Gasteiger partial charge >= 0.3 is 0 Å². The third-order valence-corrected chi connectivity index (χ3v) is 5.72. The first kappa shape index (κ1) is 18.0. The number of carbonyl (C=O) groups excluding carboxylic acids is 1. The summed E-state index contributed by atoms with van der Waals surface area (Å²) in [5.74, 6) is 0.853. The van der Waals surface area contributed by atoms with E-state index in [1.807, 2.05) is 24.3 Å². The lowest BCUT2D eigenvalue weighted by Crippen LogP contribution is -2.18. The molecule has 8 heteroatoms. The lowest BCUT2D eigenvalue weighted by molar-refractivity contribution is 0.0945. The number of aryl methyl sites for hydroxylation is 1. The molecule has 3 heterocycles. The average molecular weight is 405 g/mol. The lowest BCUT2D eigenvalue weighted by Gasteiger charge is -2.12. The first-order valence-corrected chi connectivity index (χ1v) is 9.99. The summed E-state index contributed by atoms with van der Waals surface area (Å²) < 4.78 is 7.11. The second kappa shape index (κ2) is 6.49. The van der Waals surface area contributed by atoms with Gasteiger partial charge in [-0.1, -0.05) is 24.3 Å². The molecule has 4 aromatic rings. The van der Waals surface area contributed by atoms with E-state index in [1.54, 1.807) is 19.3 Å². The Kier molecular flexibility index (Phi) is 4.03. The molecule has 3 aromatic heterocycles. The van der Waals surface area contributed by atoms with E-state index in [-0.39, 0.29) is 11.4 Å². The predicted molar refractivity (Wildman–Crippen MR) is 115 cm³/mol. The Morgan fingerprint density at radius 2 is 1.97 bits per heavy atom.